The van der Waals surface area contributed by atoms with Gasteiger partial charge in [0.15, 0.2) is 0 Å². The maximum absolute atomic E-state index is 2.63. The van der Waals surface area contributed by atoms with Crippen molar-refractivity contribution in [1.82, 2.24) is 0 Å². The van der Waals surface area contributed by atoms with Crippen LogP contribution in [0.2, 0.25) is 0 Å². The van der Waals surface area contributed by atoms with Crippen LogP contribution in [-0.2, 0) is 0 Å². The van der Waals surface area contributed by atoms with E-state index in [2.05, 4.69) is 26.8 Å². The van der Waals surface area contributed by atoms with E-state index in [1.807, 2.05) is 5.57 Å². The molecule has 23 heavy (non-hydrogen) atoms. The van der Waals surface area contributed by atoms with Crippen molar-refractivity contribution in [3.63, 3.8) is 0 Å². The van der Waals surface area contributed by atoms with E-state index in [-0.39, 0.29) is 0 Å². The fraction of sp³-hybridized carbons (Fsp3) is 0.913. The molecule has 0 heterocycles. The largest absolute Gasteiger partial charge is 0.0879 e. The average molecular weight is 315 g/mol. The molecule has 0 heteroatoms. The summed E-state index contributed by atoms with van der Waals surface area (Å²) in [6.07, 6.45) is 19.2. The molecule has 7 unspecified atom stereocenters. The summed E-state index contributed by atoms with van der Waals surface area (Å²) in [6.45, 7) is 7.30. The van der Waals surface area contributed by atoms with Gasteiger partial charge >= 0.3 is 0 Å². The summed E-state index contributed by atoms with van der Waals surface area (Å²) in [5.41, 5.74) is 2.40. The van der Waals surface area contributed by atoms with Gasteiger partial charge < -0.3 is 0 Å². The van der Waals surface area contributed by atoms with Gasteiger partial charge in [0.1, 0.15) is 0 Å². The van der Waals surface area contributed by atoms with E-state index in [1.165, 1.54) is 32.1 Å². The maximum atomic E-state index is 2.63. The fourth-order valence-corrected chi connectivity index (χ4v) is 7.94. The van der Waals surface area contributed by atoms with Gasteiger partial charge in [0, 0.05) is 0 Å². The Bertz CT molecular complexity index is 461. The van der Waals surface area contributed by atoms with Crippen LogP contribution in [-0.4, -0.2) is 0 Å². The molecule has 0 aromatic carbocycles. The zero-order chi connectivity index (χ0) is 16.0. The minimum atomic E-state index is 0.585. The number of allylic oxidation sites excluding steroid dienone is 2. The van der Waals surface area contributed by atoms with Gasteiger partial charge in [0.25, 0.3) is 0 Å². The third-order valence-corrected chi connectivity index (χ3v) is 8.96. The molecule has 0 aromatic heterocycles. The van der Waals surface area contributed by atoms with E-state index in [1.54, 1.807) is 38.5 Å². The molecule has 130 valence electrons. The molecular weight excluding hydrogens is 276 g/mol. The Hall–Kier alpha value is -0.260. The molecule has 0 amide bonds. The van der Waals surface area contributed by atoms with Crippen molar-refractivity contribution in [2.45, 2.75) is 91.4 Å². The lowest BCUT2D eigenvalue weighted by molar-refractivity contribution is -0.0489. The summed E-state index contributed by atoms with van der Waals surface area (Å²) >= 11 is 0. The second-order valence-electron chi connectivity index (χ2n) is 9.71. The lowest BCUT2D eigenvalue weighted by Crippen LogP contribution is -2.47. The molecule has 0 saturated heterocycles. The van der Waals surface area contributed by atoms with Gasteiger partial charge in [-0.05, 0) is 99.2 Å². The van der Waals surface area contributed by atoms with E-state index in [0.29, 0.717) is 5.41 Å². The van der Waals surface area contributed by atoms with Gasteiger partial charge in [-0.1, -0.05) is 44.8 Å². The summed E-state index contributed by atoms with van der Waals surface area (Å²) in [7, 11) is 0. The topological polar surface area (TPSA) is 0 Å². The van der Waals surface area contributed by atoms with Crippen LogP contribution in [0.3, 0.4) is 0 Å². The van der Waals surface area contributed by atoms with Crippen LogP contribution in [0.25, 0.3) is 0 Å². The smallest absolute Gasteiger partial charge is 0.00853 e. The monoisotopic (exact) mass is 314 g/mol. The zero-order valence-electron chi connectivity index (χ0n) is 15.8. The number of rotatable bonds is 2. The van der Waals surface area contributed by atoms with E-state index >= 15 is 0 Å². The number of hydrogen-bond acceptors (Lipinski definition) is 0. The summed E-state index contributed by atoms with van der Waals surface area (Å²) in [4.78, 5) is 0. The molecule has 7 atom stereocenters. The van der Waals surface area contributed by atoms with E-state index in [9.17, 15) is 0 Å². The second-order valence-corrected chi connectivity index (χ2v) is 9.71. The van der Waals surface area contributed by atoms with Crippen LogP contribution in [0, 0.1) is 40.9 Å². The summed E-state index contributed by atoms with van der Waals surface area (Å²) < 4.78 is 0. The first-order chi connectivity index (χ1) is 11.2. The Morgan fingerprint density at radius 1 is 1.00 bits per heavy atom. The van der Waals surface area contributed by atoms with Crippen molar-refractivity contribution < 1.29 is 0 Å². The lowest BCUT2D eigenvalue weighted by Gasteiger charge is -2.55. The van der Waals surface area contributed by atoms with Crippen molar-refractivity contribution in [1.29, 1.82) is 0 Å². The molecule has 0 aromatic rings. The Labute approximate surface area is 144 Å². The predicted molar refractivity (Wildman–Crippen MR) is 99.3 cm³/mol. The van der Waals surface area contributed by atoms with E-state index < -0.39 is 0 Å². The summed E-state index contributed by atoms with van der Waals surface area (Å²) in [5.74, 6) is 6.50. The van der Waals surface area contributed by atoms with Gasteiger partial charge in [-0.3, -0.25) is 0 Å². The lowest BCUT2D eigenvalue weighted by atomic mass is 9.49. The second kappa shape index (κ2) is 6.23. The molecule has 0 nitrogen and oxygen atoms in total. The third-order valence-electron chi connectivity index (χ3n) is 8.96. The molecule has 0 aliphatic heterocycles. The standard InChI is InChI=1S/C23H38/c1-4-6-16-7-10-19-17(15-16)8-11-21-20(19)13-14-23(3)18(5-2)9-12-22(21)23/h5,16-17,19-22H,4,6-15H2,1-3H3/b18-5+. The average Bonchev–Trinajstić information content (AvgIpc) is 2.91. The van der Waals surface area contributed by atoms with Gasteiger partial charge in [-0.2, -0.15) is 0 Å². The molecule has 4 fully saturated rings. The number of hydrogen-bond donors (Lipinski definition) is 0. The van der Waals surface area contributed by atoms with Gasteiger partial charge in [-0.25, -0.2) is 0 Å². The fourth-order valence-electron chi connectivity index (χ4n) is 7.94. The third kappa shape index (κ3) is 2.54. The molecule has 0 radical (unpaired) electrons. The maximum Gasteiger partial charge on any atom is -0.00853 e. The highest BCUT2D eigenvalue weighted by Crippen LogP contribution is 2.64. The first kappa shape index (κ1) is 16.2. The molecule has 0 spiro atoms. The van der Waals surface area contributed by atoms with Crippen molar-refractivity contribution in [2.75, 3.05) is 0 Å². The van der Waals surface area contributed by atoms with Crippen LogP contribution < -0.4 is 0 Å². The Balaban J connectivity index is 1.50. The van der Waals surface area contributed by atoms with Gasteiger partial charge in [-0.15, -0.1) is 0 Å². The van der Waals surface area contributed by atoms with Crippen molar-refractivity contribution >= 4 is 0 Å². The van der Waals surface area contributed by atoms with Crippen LogP contribution in [0.15, 0.2) is 11.6 Å². The molecule has 4 aliphatic carbocycles. The van der Waals surface area contributed by atoms with Crippen molar-refractivity contribution in [3.05, 3.63) is 11.6 Å². The van der Waals surface area contributed by atoms with E-state index in [4.69, 9.17) is 0 Å². The minimum Gasteiger partial charge on any atom is -0.0879 e. The van der Waals surface area contributed by atoms with Crippen LogP contribution in [0.4, 0.5) is 0 Å². The van der Waals surface area contributed by atoms with Gasteiger partial charge in [0.05, 0.1) is 0 Å². The molecule has 4 rings (SSSR count). The predicted octanol–water partition coefficient (Wildman–Crippen LogP) is 7.00. The molecule has 4 saturated carbocycles. The Morgan fingerprint density at radius 2 is 1.83 bits per heavy atom. The van der Waals surface area contributed by atoms with Crippen LogP contribution >= 0.6 is 0 Å². The first-order valence-electron chi connectivity index (χ1n) is 10.8. The number of fused-ring (bicyclic) bond motifs is 5. The van der Waals surface area contributed by atoms with Gasteiger partial charge in [0.2, 0.25) is 0 Å². The highest BCUT2D eigenvalue weighted by atomic mass is 14.6. The summed E-state index contributed by atoms with van der Waals surface area (Å²) in [6, 6.07) is 0. The van der Waals surface area contributed by atoms with E-state index in [0.717, 1.165) is 35.5 Å². The SMILES string of the molecule is C/C=C1\CCC2C3CCC4CC(CCC)CCC4C3CCC12C. The molecule has 4 aliphatic rings. The van der Waals surface area contributed by atoms with Crippen molar-refractivity contribution in [3.8, 4) is 0 Å². The molecule has 0 N–H and O–H groups in total. The quantitative estimate of drug-likeness (QED) is 0.481. The normalized spacial score (nSPS) is 51.2. The highest BCUT2D eigenvalue weighted by molar-refractivity contribution is 5.23. The minimum absolute atomic E-state index is 0.585. The van der Waals surface area contributed by atoms with Crippen molar-refractivity contribution in [2.24, 2.45) is 40.9 Å². The zero-order valence-corrected chi connectivity index (χ0v) is 15.8. The van der Waals surface area contributed by atoms with Crippen LogP contribution in [0.1, 0.15) is 91.4 Å². The summed E-state index contributed by atoms with van der Waals surface area (Å²) in [5, 5.41) is 0. The highest BCUT2D eigenvalue weighted by Gasteiger charge is 2.54. The molecule has 0 bridgehead atoms. The Kier molecular flexibility index (Phi) is 4.39. The molecular formula is C23H38. The first-order valence-corrected chi connectivity index (χ1v) is 10.8. The Morgan fingerprint density at radius 3 is 2.61 bits per heavy atom. The van der Waals surface area contributed by atoms with Crippen LogP contribution in [0.5, 0.6) is 0 Å².